The summed E-state index contributed by atoms with van der Waals surface area (Å²) in [4.78, 5) is 14.9. The van der Waals surface area contributed by atoms with Gasteiger partial charge in [-0.1, -0.05) is 0 Å². The van der Waals surface area contributed by atoms with E-state index < -0.39 is 0 Å². The number of hydrogen-bond donors (Lipinski definition) is 2. The molecule has 118 valence electrons. The fourth-order valence-corrected chi connectivity index (χ4v) is 4.15. The van der Waals surface area contributed by atoms with E-state index in [4.69, 9.17) is 5.26 Å². The largest absolute Gasteiger partial charge is 0.348 e. The summed E-state index contributed by atoms with van der Waals surface area (Å²) in [5.74, 6) is -0.164. The number of nitriles is 1. The molecule has 6 heteroatoms. The van der Waals surface area contributed by atoms with Crippen molar-refractivity contribution in [1.29, 1.82) is 5.26 Å². The summed E-state index contributed by atoms with van der Waals surface area (Å²) in [5.41, 5.74) is 0.793. The Morgan fingerprint density at radius 3 is 2.55 bits per heavy atom. The van der Waals surface area contributed by atoms with Crippen LogP contribution in [0.25, 0.3) is 0 Å². The molecule has 2 aliphatic heterocycles. The highest BCUT2D eigenvalue weighted by atomic mass is 16.2. The number of aromatic nitrogens is 2. The van der Waals surface area contributed by atoms with Gasteiger partial charge in [-0.05, 0) is 46.5 Å². The summed E-state index contributed by atoms with van der Waals surface area (Å²) in [6.07, 6.45) is 4.44. The van der Waals surface area contributed by atoms with Crippen LogP contribution in [0.3, 0.4) is 0 Å². The SMILES string of the molecule is CC(C)(C)N1C2CCC1CC(NC(=O)c1cc(C#N)n[nH]1)C2. The average molecular weight is 301 g/mol. The Hall–Kier alpha value is -1.87. The molecule has 0 radical (unpaired) electrons. The zero-order valence-corrected chi connectivity index (χ0v) is 13.4. The van der Waals surface area contributed by atoms with E-state index >= 15 is 0 Å². The van der Waals surface area contributed by atoms with Crippen LogP contribution in [-0.2, 0) is 0 Å². The molecule has 2 fully saturated rings. The van der Waals surface area contributed by atoms with Crippen LogP contribution in [0.15, 0.2) is 6.07 Å². The van der Waals surface area contributed by atoms with E-state index in [0.717, 1.165) is 12.8 Å². The quantitative estimate of drug-likeness (QED) is 0.872. The topological polar surface area (TPSA) is 84.8 Å². The number of piperidine rings is 1. The molecule has 2 saturated heterocycles. The van der Waals surface area contributed by atoms with E-state index in [0.29, 0.717) is 17.8 Å². The minimum Gasteiger partial charge on any atom is -0.348 e. The Kier molecular flexibility index (Phi) is 3.69. The second-order valence-corrected chi connectivity index (χ2v) is 7.38. The van der Waals surface area contributed by atoms with Gasteiger partial charge in [-0.3, -0.25) is 14.8 Å². The molecule has 0 aliphatic carbocycles. The highest BCUT2D eigenvalue weighted by Gasteiger charge is 2.45. The number of aromatic amines is 1. The number of amides is 1. The smallest absolute Gasteiger partial charge is 0.269 e. The average Bonchev–Trinajstić information content (AvgIpc) is 3.02. The molecule has 1 aromatic heterocycles. The molecule has 2 atom stereocenters. The molecule has 2 N–H and O–H groups in total. The number of carbonyl (C=O) groups is 1. The Bertz CT molecular complexity index is 595. The Balaban J connectivity index is 1.64. The third-order valence-corrected chi connectivity index (χ3v) is 4.78. The van der Waals surface area contributed by atoms with Gasteiger partial charge >= 0.3 is 0 Å². The molecule has 0 spiro atoms. The zero-order chi connectivity index (χ0) is 15.9. The molecule has 1 amide bonds. The number of carbonyl (C=O) groups excluding carboxylic acids is 1. The standard InChI is InChI=1S/C16H23N5O/c1-16(2,3)21-12-4-5-13(21)7-10(6-12)18-15(22)14-8-11(9-17)19-20-14/h8,10,12-13H,4-7H2,1-3H3,(H,18,22)(H,19,20). The van der Waals surface area contributed by atoms with Crippen LogP contribution in [0.2, 0.25) is 0 Å². The number of rotatable bonds is 2. The minimum absolute atomic E-state index is 0.164. The first-order valence-corrected chi connectivity index (χ1v) is 7.93. The van der Waals surface area contributed by atoms with Gasteiger partial charge < -0.3 is 5.32 Å². The molecule has 0 saturated carbocycles. The predicted molar refractivity (Wildman–Crippen MR) is 82.2 cm³/mol. The summed E-state index contributed by atoms with van der Waals surface area (Å²) in [6.45, 7) is 6.81. The van der Waals surface area contributed by atoms with Crippen LogP contribution >= 0.6 is 0 Å². The van der Waals surface area contributed by atoms with E-state index in [1.807, 2.05) is 6.07 Å². The second-order valence-electron chi connectivity index (χ2n) is 7.38. The molecule has 2 bridgehead atoms. The van der Waals surface area contributed by atoms with E-state index in [-0.39, 0.29) is 23.2 Å². The fraction of sp³-hybridized carbons (Fsp3) is 0.688. The highest BCUT2D eigenvalue weighted by molar-refractivity contribution is 5.92. The van der Waals surface area contributed by atoms with Crippen molar-refractivity contribution in [2.45, 2.75) is 70.1 Å². The number of nitrogens with zero attached hydrogens (tertiary/aromatic N) is 3. The molecular weight excluding hydrogens is 278 g/mol. The lowest BCUT2D eigenvalue weighted by molar-refractivity contribution is 0.0307. The lowest BCUT2D eigenvalue weighted by Gasteiger charge is -2.46. The number of nitrogens with one attached hydrogen (secondary N) is 2. The normalized spacial score (nSPS) is 28.4. The van der Waals surface area contributed by atoms with Gasteiger partial charge in [0.05, 0.1) is 0 Å². The summed E-state index contributed by atoms with van der Waals surface area (Å²) < 4.78 is 0. The number of H-pyrrole nitrogens is 1. The Labute approximate surface area is 130 Å². The van der Waals surface area contributed by atoms with Crippen molar-refractivity contribution in [2.24, 2.45) is 0 Å². The van der Waals surface area contributed by atoms with Gasteiger partial charge in [0.25, 0.3) is 5.91 Å². The lowest BCUT2D eigenvalue weighted by atomic mass is 9.91. The Morgan fingerprint density at radius 2 is 2.05 bits per heavy atom. The monoisotopic (exact) mass is 301 g/mol. The van der Waals surface area contributed by atoms with Gasteiger partial charge in [-0.15, -0.1) is 0 Å². The van der Waals surface area contributed by atoms with Gasteiger partial charge in [0.2, 0.25) is 0 Å². The van der Waals surface area contributed by atoms with Crippen molar-refractivity contribution in [3.05, 3.63) is 17.5 Å². The van der Waals surface area contributed by atoms with Crippen LogP contribution < -0.4 is 5.32 Å². The van der Waals surface area contributed by atoms with Crippen LogP contribution in [0, 0.1) is 11.3 Å². The lowest BCUT2D eigenvalue weighted by Crippen LogP contribution is -2.56. The molecular formula is C16H23N5O. The maximum Gasteiger partial charge on any atom is 0.269 e. The van der Waals surface area contributed by atoms with E-state index in [1.54, 1.807) is 0 Å². The summed E-state index contributed by atoms with van der Waals surface area (Å²) in [7, 11) is 0. The number of fused-ring (bicyclic) bond motifs is 2. The van der Waals surface area contributed by atoms with Crippen molar-refractivity contribution in [2.75, 3.05) is 0 Å². The van der Waals surface area contributed by atoms with E-state index in [2.05, 4.69) is 41.2 Å². The van der Waals surface area contributed by atoms with Gasteiger partial charge in [0, 0.05) is 29.7 Å². The first kappa shape index (κ1) is 15.0. The molecule has 3 heterocycles. The molecule has 22 heavy (non-hydrogen) atoms. The minimum atomic E-state index is -0.164. The van der Waals surface area contributed by atoms with Crippen LogP contribution in [-0.4, -0.2) is 44.7 Å². The van der Waals surface area contributed by atoms with Crippen molar-refractivity contribution in [3.8, 4) is 6.07 Å². The maximum absolute atomic E-state index is 12.2. The van der Waals surface area contributed by atoms with Crippen molar-refractivity contribution in [1.82, 2.24) is 20.4 Å². The van der Waals surface area contributed by atoms with Crippen LogP contribution in [0.5, 0.6) is 0 Å². The zero-order valence-electron chi connectivity index (χ0n) is 13.4. The second kappa shape index (κ2) is 5.40. The number of hydrogen-bond acceptors (Lipinski definition) is 4. The molecule has 0 aromatic carbocycles. The maximum atomic E-state index is 12.2. The van der Waals surface area contributed by atoms with Gasteiger partial charge in [-0.25, -0.2) is 0 Å². The van der Waals surface area contributed by atoms with Gasteiger partial charge in [0.15, 0.2) is 5.69 Å². The molecule has 2 unspecified atom stereocenters. The Morgan fingerprint density at radius 1 is 1.41 bits per heavy atom. The molecule has 2 aliphatic rings. The molecule has 6 nitrogen and oxygen atoms in total. The predicted octanol–water partition coefficient (Wildman–Crippen LogP) is 1.81. The first-order chi connectivity index (χ1) is 10.4. The van der Waals surface area contributed by atoms with E-state index in [1.165, 1.54) is 18.9 Å². The summed E-state index contributed by atoms with van der Waals surface area (Å²) in [5, 5.41) is 18.3. The van der Waals surface area contributed by atoms with Crippen LogP contribution in [0.1, 0.15) is 62.6 Å². The highest BCUT2D eigenvalue weighted by Crippen LogP contribution is 2.40. The van der Waals surface area contributed by atoms with Gasteiger partial charge in [0.1, 0.15) is 11.8 Å². The van der Waals surface area contributed by atoms with Crippen molar-refractivity contribution < 1.29 is 4.79 Å². The van der Waals surface area contributed by atoms with Crippen molar-refractivity contribution >= 4 is 5.91 Å². The van der Waals surface area contributed by atoms with E-state index in [9.17, 15) is 4.79 Å². The van der Waals surface area contributed by atoms with Gasteiger partial charge in [-0.2, -0.15) is 10.4 Å². The fourth-order valence-electron chi connectivity index (χ4n) is 4.15. The van der Waals surface area contributed by atoms with Crippen molar-refractivity contribution in [3.63, 3.8) is 0 Å². The third kappa shape index (κ3) is 2.73. The van der Waals surface area contributed by atoms with Crippen LogP contribution in [0.4, 0.5) is 0 Å². The first-order valence-electron chi connectivity index (χ1n) is 7.93. The molecule has 1 aromatic rings. The summed E-state index contributed by atoms with van der Waals surface area (Å²) >= 11 is 0. The third-order valence-electron chi connectivity index (χ3n) is 4.78. The molecule has 3 rings (SSSR count). The summed E-state index contributed by atoms with van der Waals surface area (Å²) in [6, 6.07) is 4.74.